The molecule has 0 rings (SSSR count). The van der Waals surface area contributed by atoms with E-state index in [1.807, 2.05) is 19.1 Å². The third-order valence-electron chi connectivity index (χ3n) is 2.82. The molecular weight excluding hydrogens is 252 g/mol. The van der Waals surface area contributed by atoms with Gasteiger partial charge in [-0.1, -0.05) is 40.5 Å². The molecule has 0 amide bonds. The van der Waals surface area contributed by atoms with E-state index in [4.69, 9.17) is 14.5 Å². The highest BCUT2D eigenvalue weighted by Crippen LogP contribution is 2.12. The van der Waals surface area contributed by atoms with Crippen molar-refractivity contribution in [1.82, 2.24) is 0 Å². The zero-order valence-electron chi connectivity index (χ0n) is 13.6. The lowest BCUT2D eigenvalue weighted by atomic mass is 10.1. The molecule has 116 valence electrons. The second-order valence-corrected chi connectivity index (χ2v) is 5.04. The number of rotatable bonds is 11. The highest BCUT2D eigenvalue weighted by Gasteiger charge is 2.03. The first-order valence-corrected chi connectivity index (χ1v) is 7.66. The molecule has 0 aromatic rings. The fraction of sp³-hybridized carbons (Fsp3) is 0.647. The van der Waals surface area contributed by atoms with Crippen LogP contribution in [0.1, 0.15) is 66.7 Å². The molecular formula is C17H30O3. The number of hydrogen-bond acceptors (Lipinski definition) is 3. The number of unbranched alkanes of at least 4 members (excludes halogenated alkanes) is 1. The normalized spacial score (nSPS) is 14.4. The summed E-state index contributed by atoms with van der Waals surface area (Å²) in [5, 5.41) is 0. The molecule has 0 heterocycles. The van der Waals surface area contributed by atoms with Crippen molar-refractivity contribution in [2.24, 2.45) is 5.92 Å². The van der Waals surface area contributed by atoms with Crippen molar-refractivity contribution < 1.29 is 14.5 Å². The maximum atomic E-state index is 5.46. The summed E-state index contributed by atoms with van der Waals surface area (Å²) >= 11 is 0. The molecule has 0 bridgehead atoms. The Balaban J connectivity index is 4.38. The Bertz CT molecular complexity index is 316. The SMILES string of the molecule is CCCC=COC(=CC(C)CC)OOC=C(C)CCC. The van der Waals surface area contributed by atoms with Gasteiger partial charge in [-0.15, -0.1) is 0 Å². The van der Waals surface area contributed by atoms with Gasteiger partial charge in [0.2, 0.25) is 0 Å². The van der Waals surface area contributed by atoms with Crippen LogP contribution in [0.3, 0.4) is 0 Å². The lowest BCUT2D eigenvalue weighted by molar-refractivity contribution is -0.243. The average Bonchev–Trinajstić information content (AvgIpc) is 2.43. The summed E-state index contributed by atoms with van der Waals surface area (Å²) in [6.45, 7) is 10.5. The molecule has 0 aromatic heterocycles. The van der Waals surface area contributed by atoms with E-state index in [9.17, 15) is 0 Å². The van der Waals surface area contributed by atoms with Crippen molar-refractivity contribution >= 4 is 0 Å². The molecule has 3 heteroatoms. The van der Waals surface area contributed by atoms with Gasteiger partial charge in [-0.05, 0) is 43.8 Å². The molecule has 0 N–H and O–H groups in total. The Morgan fingerprint density at radius 2 is 1.90 bits per heavy atom. The molecule has 3 nitrogen and oxygen atoms in total. The van der Waals surface area contributed by atoms with Gasteiger partial charge in [0, 0.05) is 6.08 Å². The van der Waals surface area contributed by atoms with E-state index in [0.717, 1.165) is 37.7 Å². The summed E-state index contributed by atoms with van der Waals surface area (Å²) in [5.41, 5.74) is 1.15. The van der Waals surface area contributed by atoms with Crippen LogP contribution in [0, 0.1) is 5.92 Å². The first kappa shape index (κ1) is 18.6. The summed E-state index contributed by atoms with van der Waals surface area (Å²) in [5.74, 6) is 0.779. The van der Waals surface area contributed by atoms with Crippen LogP contribution in [0.25, 0.3) is 0 Å². The number of ether oxygens (including phenoxy) is 1. The number of hydrogen-bond donors (Lipinski definition) is 0. The minimum Gasteiger partial charge on any atom is -0.432 e. The smallest absolute Gasteiger partial charge is 0.331 e. The van der Waals surface area contributed by atoms with Gasteiger partial charge in [-0.25, -0.2) is 0 Å². The highest BCUT2D eigenvalue weighted by atomic mass is 17.2. The van der Waals surface area contributed by atoms with Crippen molar-refractivity contribution in [3.8, 4) is 0 Å². The fourth-order valence-corrected chi connectivity index (χ4v) is 1.39. The molecule has 1 atom stereocenters. The Kier molecular flexibility index (Phi) is 11.8. The summed E-state index contributed by atoms with van der Waals surface area (Å²) in [7, 11) is 0. The predicted octanol–water partition coefficient (Wildman–Crippen LogP) is 5.86. The molecule has 0 aliphatic carbocycles. The Morgan fingerprint density at radius 3 is 2.50 bits per heavy atom. The fourth-order valence-electron chi connectivity index (χ4n) is 1.39. The summed E-state index contributed by atoms with van der Waals surface area (Å²) in [6.07, 6.45) is 12.4. The molecule has 0 aliphatic heterocycles. The van der Waals surface area contributed by atoms with E-state index >= 15 is 0 Å². The van der Waals surface area contributed by atoms with Gasteiger partial charge in [0.05, 0.1) is 6.26 Å². The van der Waals surface area contributed by atoms with Crippen molar-refractivity contribution in [1.29, 1.82) is 0 Å². The van der Waals surface area contributed by atoms with E-state index in [1.54, 1.807) is 12.5 Å². The Morgan fingerprint density at radius 1 is 1.15 bits per heavy atom. The number of allylic oxidation sites excluding steroid dienone is 3. The molecule has 0 saturated heterocycles. The third-order valence-corrected chi connectivity index (χ3v) is 2.82. The lowest BCUT2D eigenvalue weighted by Crippen LogP contribution is -1.97. The van der Waals surface area contributed by atoms with Gasteiger partial charge < -0.3 is 4.74 Å². The van der Waals surface area contributed by atoms with Crippen LogP contribution >= 0.6 is 0 Å². The van der Waals surface area contributed by atoms with Gasteiger partial charge in [-0.3, -0.25) is 9.78 Å². The average molecular weight is 282 g/mol. The molecule has 0 aliphatic rings. The van der Waals surface area contributed by atoms with Crippen LogP contribution in [0.2, 0.25) is 0 Å². The second-order valence-electron chi connectivity index (χ2n) is 5.04. The van der Waals surface area contributed by atoms with E-state index in [0.29, 0.717) is 11.9 Å². The van der Waals surface area contributed by atoms with Crippen LogP contribution in [-0.4, -0.2) is 0 Å². The van der Waals surface area contributed by atoms with Crippen LogP contribution in [0.5, 0.6) is 0 Å². The first-order chi connectivity index (χ1) is 9.63. The van der Waals surface area contributed by atoms with E-state index in [2.05, 4.69) is 27.7 Å². The van der Waals surface area contributed by atoms with E-state index < -0.39 is 0 Å². The van der Waals surface area contributed by atoms with Gasteiger partial charge in [0.25, 0.3) is 0 Å². The lowest BCUT2D eigenvalue weighted by Gasteiger charge is -2.08. The van der Waals surface area contributed by atoms with Crippen LogP contribution < -0.4 is 0 Å². The quantitative estimate of drug-likeness (QED) is 0.270. The van der Waals surface area contributed by atoms with Crippen LogP contribution in [0.15, 0.2) is 36.2 Å². The van der Waals surface area contributed by atoms with Crippen molar-refractivity contribution in [3.05, 3.63) is 36.2 Å². The van der Waals surface area contributed by atoms with Gasteiger partial charge in [-0.2, -0.15) is 0 Å². The maximum absolute atomic E-state index is 5.46. The van der Waals surface area contributed by atoms with E-state index in [1.165, 1.54) is 0 Å². The summed E-state index contributed by atoms with van der Waals surface area (Å²) in [6, 6.07) is 0. The van der Waals surface area contributed by atoms with Gasteiger partial charge in [0.15, 0.2) is 0 Å². The topological polar surface area (TPSA) is 27.7 Å². The molecule has 0 radical (unpaired) electrons. The zero-order chi connectivity index (χ0) is 15.2. The van der Waals surface area contributed by atoms with Crippen LogP contribution in [-0.2, 0) is 14.5 Å². The molecule has 0 spiro atoms. The van der Waals surface area contributed by atoms with Gasteiger partial charge in [0.1, 0.15) is 6.26 Å². The molecule has 0 fully saturated rings. The zero-order valence-corrected chi connectivity index (χ0v) is 13.6. The van der Waals surface area contributed by atoms with Crippen molar-refractivity contribution in [2.75, 3.05) is 0 Å². The third kappa shape index (κ3) is 10.5. The monoisotopic (exact) mass is 282 g/mol. The largest absolute Gasteiger partial charge is 0.432 e. The molecule has 0 aromatic carbocycles. The Labute approximate surface area is 124 Å². The Hall–Kier alpha value is -1.38. The first-order valence-electron chi connectivity index (χ1n) is 7.66. The van der Waals surface area contributed by atoms with E-state index in [-0.39, 0.29) is 0 Å². The maximum Gasteiger partial charge on any atom is 0.331 e. The van der Waals surface area contributed by atoms with Gasteiger partial charge >= 0.3 is 5.95 Å². The standard InChI is InChI=1S/C17H30O3/c1-6-9-10-12-18-17(13-15(4)8-3)20-19-14-16(5)11-7-2/h10,12-15H,6-9,11H2,1-5H3. The minimum absolute atomic E-state index is 0.383. The van der Waals surface area contributed by atoms with Crippen molar-refractivity contribution in [3.63, 3.8) is 0 Å². The van der Waals surface area contributed by atoms with Crippen molar-refractivity contribution in [2.45, 2.75) is 66.7 Å². The minimum atomic E-state index is 0.383. The summed E-state index contributed by atoms with van der Waals surface area (Å²) in [4.78, 5) is 10.3. The molecule has 20 heavy (non-hydrogen) atoms. The molecule has 0 saturated carbocycles. The van der Waals surface area contributed by atoms with Crippen LogP contribution in [0.4, 0.5) is 0 Å². The predicted molar refractivity (Wildman–Crippen MR) is 83.5 cm³/mol. The highest BCUT2D eigenvalue weighted by molar-refractivity contribution is 4.93. The molecule has 1 unspecified atom stereocenters. The second kappa shape index (κ2) is 12.6. The summed E-state index contributed by atoms with van der Waals surface area (Å²) < 4.78 is 5.46.